The number of aromatic nitrogens is 2. The molecule has 0 saturated heterocycles. The van der Waals surface area contributed by atoms with Gasteiger partial charge in [0.05, 0.1) is 23.4 Å². The molecule has 3 aromatic rings. The van der Waals surface area contributed by atoms with E-state index < -0.39 is 5.97 Å². The predicted octanol–water partition coefficient (Wildman–Crippen LogP) is 5.13. The number of methoxy groups -OCH3 is 1. The summed E-state index contributed by atoms with van der Waals surface area (Å²) in [4.78, 5) is 22.8. The maximum atomic E-state index is 11.8. The lowest BCUT2D eigenvalue weighted by Crippen LogP contribution is -2.19. The largest absolute Gasteiger partial charge is 0.465 e. The molecule has 0 unspecified atom stereocenters. The number of rotatable bonds is 6. The number of carbonyl (C=O) groups is 1. The molecule has 0 atom stereocenters. The second kappa shape index (κ2) is 8.71. The molecule has 1 heterocycles. The summed E-state index contributed by atoms with van der Waals surface area (Å²) in [5, 5.41) is 3.63. The Morgan fingerprint density at radius 2 is 2.04 bits per heavy atom. The normalized spacial score (nSPS) is 10.4. The van der Waals surface area contributed by atoms with E-state index in [1.807, 2.05) is 36.9 Å². The number of anilines is 4. The Labute approximate surface area is 169 Å². The monoisotopic (exact) mass is 396 g/mol. The Balaban J connectivity index is 1.90. The third kappa shape index (κ3) is 4.40. The van der Waals surface area contributed by atoms with Gasteiger partial charge in [0.15, 0.2) is 0 Å². The smallest absolute Gasteiger partial charge is 0.337 e. The van der Waals surface area contributed by atoms with Crippen molar-refractivity contribution in [1.82, 2.24) is 9.97 Å². The lowest BCUT2D eigenvalue weighted by Gasteiger charge is -2.22. The highest BCUT2D eigenvalue weighted by Gasteiger charge is 2.13. The minimum Gasteiger partial charge on any atom is -0.465 e. The Morgan fingerprint density at radius 3 is 2.75 bits per heavy atom. The van der Waals surface area contributed by atoms with E-state index in [1.54, 1.807) is 30.5 Å². The van der Waals surface area contributed by atoms with Crippen LogP contribution in [0.25, 0.3) is 0 Å². The second-order valence-electron chi connectivity index (χ2n) is 6.14. The molecule has 0 radical (unpaired) electrons. The summed E-state index contributed by atoms with van der Waals surface area (Å²) in [6, 6.07) is 14.8. The van der Waals surface area contributed by atoms with Crippen molar-refractivity contribution in [3.8, 4) is 0 Å². The first kappa shape index (κ1) is 19.6. The Hall–Kier alpha value is -3.12. The van der Waals surface area contributed by atoms with Gasteiger partial charge in [-0.2, -0.15) is 4.98 Å². The van der Waals surface area contributed by atoms with Crippen molar-refractivity contribution in [2.75, 3.05) is 23.9 Å². The minimum atomic E-state index is -0.431. The molecular formula is C21H21ClN4O2. The van der Waals surface area contributed by atoms with Crippen LogP contribution in [0, 0.1) is 6.92 Å². The van der Waals surface area contributed by atoms with Crippen LogP contribution in [0.5, 0.6) is 0 Å². The maximum absolute atomic E-state index is 11.8. The van der Waals surface area contributed by atoms with Gasteiger partial charge in [-0.1, -0.05) is 23.7 Å². The summed E-state index contributed by atoms with van der Waals surface area (Å²) in [5.74, 6) is 0.707. The van der Waals surface area contributed by atoms with Crippen LogP contribution in [-0.2, 0) is 4.74 Å². The second-order valence-corrected chi connectivity index (χ2v) is 6.54. The van der Waals surface area contributed by atoms with Crippen LogP contribution < -0.4 is 10.2 Å². The van der Waals surface area contributed by atoms with Crippen LogP contribution in [0.3, 0.4) is 0 Å². The van der Waals surface area contributed by atoms with Gasteiger partial charge in [-0.25, -0.2) is 9.78 Å². The zero-order valence-corrected chi connectivity index (χ0v) is 16.7. The number of esters is 1. The minimum absolute atomic E-state index is 0.402. The molecule has 0 aliphatic heterocycles. The molecule has 1 N–H and O–H groups in total. The van der Waals surface area contributed by atoms with Gasteiger partial charge in [-0.05, 0) is 55.8 Å². The quantitative estimate of drug-likeness (QED) is 0.583. The summed E-state index contributed by atoms with van der Waals surface area (Å²) in [6.45, 7) is 4.81. The topological polar surface area (TPSA) is 67.4 Å². The summed E-state index contributed by atoms with van der Waals surface area (Å²) in [5.41, 5.74) is 3.15. The van der Waals surface area contributed by atoms with Gasteiger partial charge in [-0.3, -0.25) is 0 Å². The number of nitrogens with zero attached hydrogens (tertiary/aromatic N) is 3. The van der Waals surface area contributed by atoms with E-state index in [2.05, 4.69) is 21.4 Å². The third-order valence-electron chi connectivity index (χ3n) is 4.16. The van der Waals surface area contributed by atoms with Crippen molar-refractivity contribution in [2.45, 2.75) is 13.8 Å². The SMILES string of the molecule is CCN(c1cccc(C)c1)c1nccc(Nc2cc(C(=O)OC)ccc2Cl)n1. The Morgan fingerprint density at radius 1 is 1.21 bits per heavy atom. The van der Waals surface area contributed by atoms with Gasteiger partial charge in [0, 0.05) is 18.4 Å². The lowest BCUT2D eigenvalue weighted by atomic mass is 10.2. The first-order valence-corrected chi connectivity index (χ1v) is 9.21. The zero-order valence-electron chi connectivity index (χ0n) is 15.9. The molecule has 7 heteroatoms. The van der Waals surface area contributed by atoms with E-state index in [1.165, 1.54) is 7.11 Å². The van der Waals surface area contributed by atoms with Crippen LogP contribution in [0.1, 0.15) is 22.8 Å². The van der Waals surface area contributed by atoms with Crippen LogP contribution in [0.4, 0.5) is 23.1 Å². The number of benzene rings is 2. The fourth-order valence-electron chi connectivity index (χ4n) is 2.79. The molecule has 6 nitrogen and oxygen atoms in total. The maximum Gasteiger partial charge on any atom is 0.337 e. The fourth-order valence-corrected chi connectivity index (χ4v) is 2.95. The Bertz CT molecular complexity index is 994. The summed E-state index contributed by atoms with van der Waals surface area (Å²) >= 11 is 6.27. The van der Waals surface area contributed by atoms with Crippen molar-refractivity contribution >= 4 is 40.7 Å². The molecule has 2 aromatic carbocycles. The molecule has 0 spiro atoms. The number of halogens is 1. The average Bonchev–Trinajstić information content (AvgIpc) is 2.70. The lowest BCUT2D eigenvalue weighted by molar-refractivity contribution is 0.0601. The highest BCUT2D eigenvalue weighted by molar-refractivity contribution is 6.33. The molecule has 0 aliphatic carbocycles. The van der Waals surface area contributed by atoms with E-state index in [-0.39, 0.29) is 0 Å². The van der Waals surface area contributed by atoms with E-state index in [0.29, 0.717) is 34.6 Å². The van der Waals surface area contributed by atoms with Crippen molar-refractivity contribution in [3.63, 3.8) is 0 Å². The molecule has 0 bridgehead atoms. The summed E-state index contributed by atoms with van der Waals surface area (Å²) in [6.07, 6.45) is 1.68. The number of nitrogens with one attached hydrogen (secondary N) is 1. The molecule has 0 amide bonds. The number of hydrogen-bond donors (Lipinski definition) is 1. The van der Waals surface area contributed by atoms with Crippen LogP contribution in [0.2, 0.25) is 5.02 Å². The Kier molecular flexibility index (Phi) is 6.11. The molecule has 0 saturated carbocycles. The fraction of sp³-hybridized carbons (Fsp3) is 0.190. The molecule has 3 rings (SSSR count). The van der Waals surface area contributed by atoms with E-state index in [0.717, 1.165) is 11.3 Å². The average molecular weight is 397 g/mol. The van der Waals surface area contributed by atoms with E-state index >= 15 is 0 Å². The van der Waals surface area contributed by atoms with Crippen molar-refractivity contribution < 1.29 is 9.53 Å². The molecule has 28 heavy (non-hydrogen) atoms. The number of carbonyl (C=O) groups excluding carboxylic acids is 1. The van der Waals surface area contributed by atoms with Crippen LogP contribution in [-0.4, -0.2) is 29.6 Å². The number of aryl methyl sites for hydroxylation is 1. The molecule has 0 aliphatic rings. The molecule has 144 valence electrons. The number of hydrogen-bond acceptors (Lipinski definition) is 6. The highest BCUT2D eigenvalue weighted by Crippen LogP contribution is 2.28. The standard InChI is InChI=1S/C21H21ClN4O2/c1-4-26(16-7-5-6-14(2)12-16)21-23-11-10-19(25-21)24-18-13-15(20(27)28-3)8-9-17(18)22/h5-13H,4H2,1-3H3,(H,23,24,25). The molecule has 1 aromatic heterocycles. The van der Waals surface area contributed by atoms with E-state index in [4.69, 9.17) is 16.3 Å². The van der Waals surface area contributed by atoms with Gasteiger partial charge in [0.2, 0.25) is 5.95 Å². The van der Waals surface area contributed by atoms with Gasteiger partial charge in [0.25, 0.3) is 0 Å². The first-order valence-electron chi connectivity index (χ1n) is 8.84. The third-order valence-corrected chi connectivity index (χ3v) is 4.49. The predicted molar refractivity (Wildman–Crippen MR) is 112 cm³/mol. The zero-order chi connectivity index (χ0) is 20.1. The first-order chi connectivity index (χ1) is 13.5. The summed E-state index contributed by atoms with van der Waals surface area (Å²) < 4.78 is 4.76. The van der Waals surface area contributed by atoms with E-state index in [9.17, 15) is 4.79 Å². The van der Waals surface area contributed by atoms with Gasteiger partial charge < -0.3 is 15.0 Å². The van der Waals surface area contributed by atoms with Crippen molar-refractivity contribution in [3.05, 3.63) is 70.9 Å². The number of ether oxygens (including phenoxy) is 1. The molecule has 0 fully saturated rings. The van der Waals surface area contributed by atoms with Crippen LogP contribution >= 0.6 is 11.6 Å². The van der Waals surface area contributed by atoms with Crippen molar-refractivity contribution in [2.24, 2.45) is 0 Å². The van der Waals surface area contributed by atoms with Crippen molar-refractivity contribution in [1.29, 1.82) is 0 Å². The van der Waals surface area contributed by atoms with Gasteiger partial charge in [-0.15, -0.1) is 0 Å². The van der Waals surface area contributed by atoms with Gasteiger partial charge in [0.1, 0.15) is 5.82 Å². The van der Waals surface area contributed by atoms with Crippen LogP contribution in [0.15, 0.2) is 54.7 Å². The highest BCUT2D eigenvalue weighted by atomic mass is 35.5. The molecular weight excluding hydrogens is 376 g/mol. The summed E-state index contributed by atoms with van der Waals surface area (Å²) in [7, 11) is 1.34. The van der Waals surface area contributed by atoms with Gasteiger partial charge >= 0.3 is 5.97 Å².